The van der Waals surface area contributed by atoms with E-state index >= 15 is 0 Å². The Hall–Kier alpha value is -1.13. The summed E-state index contributed by atoms with van der Waals surface area (Å²) < 4.78 is 18.8. The van der Waals surface area contributed by atoms with Crippen LogP contribution < -0.4 is 0 Å². The molecular weight excluding hydrogens is 271 g/mol. The first-order valence-corrected chi connectivity index (χ1v) is 6.69. The number of benzene rings is 1. The molecule has 1 aromatic carbocycles. The van der Waals surface area contributed by atoms with Gasteiger partial charge in [0.1, 0.15) is 5.82 Å². The number of esters is 1. The quantitative estimate of drug-likeness (QED) is 0.815. The van der Waals surface area contributed by atoms with Crippen molar-refractivity contribution in [1.29, 1.82) is 0 Å². The fourth-order valence-electron chi connectivity index (χ4n) is 1.93. The van der Waals surface area contributed by atoms with Crippen LogP contribution >= 0.6 is 11.6 Å². The van der Waals surface area contributed by atoms with E-state index in [1.807, 2.05) is 6.92 Å². The summed E-state index contributed by atoms with van der Waals surface area (Å²) in [5.74, 6) is -1.99. The molecule has 0 amide bonds. The molecule has 106 valence electrons. The zero-order valence-corrected chi connectivity index (χ0v) is 11.8. The van der Waals surface area contributed by atoms with Crippen molar-refractivity contribution < 1.29 is 19.0 Å². The molecule has 0 aliphatic carbocycles. The molecular formula is C14H18ClFO3. The molecule has 0 fully saturated rings. The minimum atomic E-state index is -1.25. The second kappa shape index (κ2) is 7.46. The van der Waals surface area contributed by atoms with Crippen LogP contribution in [0.1, 0.15) is 38.4 Å². The largest absolute Gasteiger partial charge is 0.466 e. The van der Waals surface area contributed by atoms with Crippen LogP contribution in [-0.2, 0) is 9.53 Å². The van der Waals surface area contributed by atoms with Gasteiger partial charge >= 0.3 is 5.97 Å². The Labute approximate surface area is 117 Å². The maximum absolute atomic E-state index is 13.9. The summed E-state index contributed by atoms with van der Waals surface area (Å²) in [4.78, 5) is 11.8. The molecule has 0 saturated carbocycles. The zero-order valence-electron chi connectivity index (χ0n) is 11.0. The van der Waals surface area contributed by atoms with Gasteiger partial charge in [-0.25, -0.2) is 4.39 Å². The van der Waals surface area contributed by atoms with Crippen molar-refractivity contribution >= 4 is 17.6 Å². The van der Waals surface area contributed by atoms with Crippen molar-refractivity contribution in [1.82, 2.24) is 0 Å². The fourth-order valence-corrected chi connectivity index (χ4v) is 2.11. The minimum absolute atomic E-state index is 0.0269. The van der Waals surface area contributed by atoms with E-state index in [0.29, 0.717) is 12.8 Å². The number of halogens is 2. The van der Waals surface area contributed by atoms with Gasteiger partial charge in [-0.2, -0.15) is 0 Å². The van der Waals surface area contributed by atoms with Gasteiger partial charge in [0.2, 0.25) is 0 Å². The van der Waals surface area contributed by atoms with Gasteiger partial charge in [0.05, 0.1) is 23.7 Å². The van der Waals surface area contributed by atoms with E-state index in [2.05, 4.69) is 0 Å². The van der Waals surface area contributed by atoms with Crippen LogP contribution in [-0.4, -0.2) is 17.7 Å². The SMILES string of the molecule is CCCC(C(=O)OCC)C(O)c1cccc(Cl)c1F. The molecule has 19 heavy (non-hydrogen) atoms. The lowest BCUT2D eigenvalue weighted by Crippen LogP contribution is -2.25. The average Bonchev–Trinajstić information content (AvgIpc) is 2.38. The third-order valence-electron chi connectivity index (χ3n) is 2.87. The lowest BCUT2D eigenvalue weighted by molar-refractivity contribution is -0.152. The Morgan fingerprint density at radius 3 is 2.74 bits per heavy atom. The van der Waals surface area contributed by atoms with Crippen molar-refractivity contribution in [2.45, 2.75) is 32.8 Å². The van der Waals surface area contributed by atoms with Crippen LogP contribution in [0.5, 0.6) is 0 Å². The summed E-state index contributed by atoms with van der Waals surface area (Å²) in [6.45, 7) is 3.80. The normalized spacial score (nSPS) is 13.9. The summed E-state index contributed by atoms with van der Waals surface area (Å²) in [5.41, 5.74) is 0.0269. The van der Waals surface area contributed by atoms with Crippen LogP contribution in [0.25, 0.3) is 0 Å². The number of ether oxygens (including phenoxy) is 1. The van der Waals surface area contributed by atoms with E-state index in [1.165, 1.54) is 18.2 Å². The van der Waals surface area contributed by atoms with Crippen molar-refractivity contribution in [3.63, 3.8) is 0 Å². The molecule has 3 nitrogen and oxygen atoms in total. The smallest absolute Gasteiger partial charge is 0.311 e. The van der Waals surface area contributed by atoms with E-state index in [0.717, 1.165) is 0 Å². The van der Waals surface area contributed by atoms with Gasteiger partial charge in [0, 0.05) is 5.56 Å². The molecule has 0 aromatic heterocycles. The van der Waals surface area contributed by atoms with E-state index in [1.54, 1.807) is 6.92 Å². The number of hydrogen-bond donors (Lipinski definition) is 1. The van der Waals surface area contributed by atoms with E-state index in [-0.39, 0.29) is 17.2 Å². The van der Waals surface area contributed by atoms with Gasteiger partial charge in [-0.1, -0.05) is 37.1 Å². The topological polar surface area (TPSA) is 46.5 Å². The molecule has 0 spiro atoms. The molecule has 1 rings (SSSR count). The first kappa shape index (κ1) is 15.9. The number of rotatable bonds is 6. The van der Waals surface area contributed by atoms with Crippen molar-refractivity contribution in [2.75, 3.05) is 6.61 Å². The van der Waals surface area contributed by atoms with Gasteiger partial charge in [-0.3, -0.25) is 4.79 Å². The highest BCUT2D eigenvalue weighted by molar-refractivity contribution is 6.30. The summed E-state index contributed by atoms with van der Waals surface area (Å²) in [5, 5.41) is 10.1. The molecule has 0 heterocycles. The summed E-state index contributed by atoms with van der Waals surface area (Å²) in [6.07, 6.45) is -0.146. The monoisotopic (exact) mass is 288 g/mol. The second-order valence-corrected chi connectivity index (χ2v) is 4.64. The molecule has 0 aliphatic heterocycles. The maximum atomic E-state index is 13.9. The zero-order chi connectivity index (χ0) is 14.4. The van der Waals surface area contributed by atoms with Gasteiger partial charge in [0.25, 0.3) is 0 Å². The summed E-state index contributed by atoms with van der Waals surface area (Å²) in [6, 6.07) is 4.36. The van der Waals surface area contributed by atoms with Gasteiger partial charge < -0.3 is 9.84 Å². The van der Waals surface area contributed by atoms with Crippen LogP contribution in [0.15, 0.2) is 18.2 Å². The standard InChI is InChI=1S/C14H18ClFO3/c1-3-6-10(14(18)19-4-2)13(17)9-7-5-8-11(15)12(9)16/h5,7-8,10,13,17H,3-4,6H2,1-2H3. The van der Waals surface area contributed by atoms with Crippen molar-refractivity contribution in [3.05, 3.63) is 34.6 Å². The lowest BCUT2D eigenvalue weighted by Gasteiger charge is -2.21. The molecule has 0 bridgehead atoms. The van der Waals surface area contributed by atoms with Crippen LogP contribution in [0, 0.1) is 11.7 Å². The predicted molar refractivity (Wildman–Crippen MR) is 71.4 cm³/mol. The minimum Gasteiger partial charge on any atom is -0.466 e. The third-order valence-corrected chi connectivity index (χ3v) is 3.16. The maximum Gasteiger partial charge on any atom is 0.311 e. The molecule has 0 radical (unpaired) electrons. The molecule has 1 aromatic rings. The van der Waals surface area contributed by atoms with Crippen LogP contribution in [0.3, 0.4) is 0 Å². The Balaban J connectivity index is 3.01. The van der Waals surface area contributed by atoms with Crippen molar-refractivity contribution in [3.8, 4) is 0 Å². The third kappa shape index (κ3) is 3.91. The number of carbonyl (C=O) groups is 1. The van der Waals surface area contributed by atoms with E-state index in [4.69, 9.17) is 16.3 Å². The number of carbonyl (C=O) groups excluding carboxylic acids is 1. The Kier molecular flexibility index (Phi) is 6.25. The van der Waals surface area contributed by atoms with E-state index in [9.17, 15) is 14.3 Å². The highest BCUT2D eigenvalue weighted by Crippen LogP contribution is 2.31. The first-order chi connectivity index (χ1) is 9.02. The van der Waals surface area contributed by atoms with Crippen LogP contribution in [0.2, 0.25) is 5.02 Å². The Morgan fingerprint density at radius 2 is 2.16 bits per heavy atom. The molecule has 0 aliphatic rings. The number of hydrogen-bond acceptors (Lipinski definition) is 3. The van der Waals surface area contributed by atoms with Gasteiger partial charge in [-0.05, 0) is 19.4 Å². The van der Waals surface area contributed by atoms with Gasteiger partial charge in [-0.15, -0.1) is 0 Å². The second-order valence-electron chi connectivity index (χ2n) is 4.24. The molecule has 2 atom stereocenters. The lowest BCUT2D eigenvalue weighted by atomic mass is 9.91. The Morgan fingerprint density at radius 1 is 1.47 bits per heavy atom. The molecule has 1 N–H and O–H groups in total. The van der Waals surface area contributed by atoms with E-state index < -0.39 is 23.8 Å². The first-order valence-electron chi connectivity index (χ1n) is 6.31. The predicted octanol–water partition coefficient (Wildman–Crippen LogP) is 3.49. The highest BCUT2D eigenvalue weighted by atomic mass is 35.5. The van der Waals surface area contributed by atoms with Gasteiger partial charge in [0.15, 0.2) is 0 Å². The molecule has 2 unspecified atom stereocenters. The van der Waals surface area contributed by atoms with Crippen LogP contribution in [0.4, 0.5) is 4.39 Å². The van der Waals surface area contributed by atoms with Crippen molar-refractivity contribution in [2.24, 2.45) is 5.92 Å². The summed E-state index contributed by atoms with van der Waals surface area (Å²) in [7, 11) is 0. The highest BCUT2D eigenvalue weighted by Gasteiger charge is 2.30. The Bertz CT molecular complexity index is 437. The number of aliphatic hydroxyl groups excluding tert-OH is 1. The fraction of sp³-hybridized carbons (Fsp3) is 0.500. The average molecular weight is 289 g/mol. The molecule has 0 saturated heterocycles. The number of aliphatic hydroxyl groups is 1. The molecule has 5 heteroatoms. The summed E-state index contributed by atoms with van der Waals surface area (Å²) >= 11 is 5.68.